The van der Waals surface area contributed by atoms with Gasteiger partial charge in [-0.25, -0.2) is 0 Å². The topological polar surface area (TPSA) is 48.0 Å². The Bertz CT molecular complexity index is 721. The zero-order valence-corrected chi connectivity index (χ0v) is 12.8. The number of aromatic nitrogens is 1. The molecule has 0 saturated heterocycles. The van der Waals surface area contributed by atoms with Crippen LogP contribution < -0.4 is 4.72 Å². The molecule has 1 unspecified atom stereocenters. The molecule has 0 aliphatic rings. The van der Waals surface area contributed by atoms with Gasteiger partial charge < -0.3 is 4.98 Å². The van der Waals surface area contributed by atoms with Crippen LogP contribution in [-0.2, 0) is 11.4 Å². The third-order valence-electron chi connectivity index (χ3n) is 3.45. The molecule has 0 fully saturated rings. The van der Waals surface area contributed by atoms with Crippen molar-refractivity contribution >= 4 is 22.3 Å². The van der Waals surface area contributed by atoms with E-state index < -0.39 is 11.4 Å². The van der Waals surface area contributed by atoms with Gasteiger partial charge >= 0.3 is 0 Å². The van der Waals surface area contributed by atoms with E-state index in [9.17, 15) is 4.55 Å². The lowest BCUT2D eigenvalue weighted by Crippen LogP contribution is -2.23. The van der Waals surface area contributed by atoms with Gasteiger partial charge in [0.1, 0.15) is 0 Å². The van der Waals surface area contributed by atoms with Crippen LogP contribution in [0.2, 0.25) is 0 Å². The molecule has 3 rings (SSSR count). The predicted octanol–water partition coefficient (Wildman–Crippen LogP) is 4.20. The molecule has 0 aliphatic carbocycles. The van der Waals surface area contributed by atoms with Crippen molar-refractivity contribution in [1.82, 2.24) is 9.71 Å². The number of aromatic amines is 1. The first kappa shape index (κ1) is 14.2. The van der Waals surface area contributed by atoms with Crippen molar-refractivity contribution in [3.8, 4) is 11.1 Å². The molecular weight excluding hydrogens is 280 g/mol. The second-order valence-corrected chi connectivity index (χ2v) is 6.31. The summed E-state index contributed by atoms with van der Waals surface area (Å²) in [5.41, 5.74) is 3.50. The molecule has 1 atom stereocenters. The molecule has 0 bridgehead atoms. The van der Waals surface area contributed by atoms with Gasteiger partial charge in [0.2, 0.25) is 4.90 Å². The molecule has 108 valence electrons. The predicted molar refractivity (Wildman–Crippen MR) is 90.3 cm³/mol. The van der Waals surface area contributed by atoms with Crippen molar-refractivity contribution in [1.29, 1.82) is 0 Å². The van der Waals surface area contributed by atoms with Gasteiger partial charge in [-0.2, -0.15) is 4.55 Å². The summed E-state index contributed by atoms with van der Waals surface area (Å²) in [4.78, 5) is 4.13. The lowest BCUT2D eigenvalue weighted by Gasteiger charge is -2.04. The second-order valence-electron chi connectivity index (χ2n) is 4.98. The summed E-state index contributed by atoms with van der Waals surface area (Å²) < 4.78 is 13.1. The highest BCUT2D eigenvalue weighted by Crippen LogP contribution is 2.25. The monoisotopic (exact) mass is 299 g/mol. The molecule has 1 aromatic heterocycles. The minimum atomic E-state index is -0.869. The molecule has 0 spiro atoms. The second kappa shape index (κ2) is 6.35. The fraction of sp³-hybridized carbons (Fsp3) is 0.176. The summed E-state index contributed by atoms with van der Waals surface area (Å²) in [6, 6.07) is 16.6. The Hall–Kier alpha value is -1.75. The van der Waals surface area contributed by atoms with Crippen LogP contribution in [0, 0.1) is 0 Å². The minimum Gasteiger partial charge on any atom is -0.361 e. The summed E-state index contributed by atoms with van der Waals surface area (Å²) in [5, 5.41) is 1.21. The molecule has 3 N–H and O–H groups in total. The van der Waals surface area contributed by atoms with Crippen molar-refractivity contribution in [2.24, 2.45) is 0 Å². The average Bonchev–Trinajstić information content (AvgIpc) is 3.00. The maximum atomic E-state index is 10.0. The fourth-order valence-corrected chi connectivity index (χ4v) is 3.25. The first-order chi connectivity index (χ1) is 10.3. The van der Waals surface area contributed by atoms with Gasteiger partial charge in [-0.3, -0.25) is 0 Å². The van der Waals surface area contributed by atoms with Crippen molar-refractivity contribution in [3.63, 3.8) is 0 Å². The molecule has 1 heterocycles. The van der Waals surface area contributed by atoms with E-state index in [-0.39, 0.29) is 0 Å². The van der Waals surface area contributed by atoms with Crippen LogP contribution in [0.5, 0.6) is 0 Å². The smallest absolute Gasteiger partial charge is 0.275 e. The quantitative estimate of drug-likeness (QED) is 0.618. The van der Waals surface area contributed by atoms with Gasteiger partial charge in [-0.1, -0.05) is 13.0 Å². The van der Waals surface area contributed by atoms with Crippen molar-refractivity contribution < 1.29 is 4.55 Å². The minimum absolute atomic E-state index is 0.825. The van der Waals surface area contributed by atoms with Gasteiger partial charge in [-0.05, 0) is 65.4 Å². The van der Waals surface area contributed by atoms with Gasteiger partial charge in [0.25, 0.3) is 11.4 Å². The van der Waals surface area contributed by atoms with Gasteiger partial charge in [0.15, 0.2) is 0 Å². The third kappa shape index (κ3) is 3.13. The molecule has 0 aliphatic heterocycles. The Kier molecular flexibility index (Phi) is 4.29. The number of hydrogen-bond acceptors (Lipinski definition) is 2. The van der Waals surface area contributed by atoms with Gasteiger partial charge in [-0.15, -0.1) is 4.72 Å². The van der Waals surface area contributed by atoms with Crippen LogP contribution in [-0.4, -0.2) is 16.1 Å². The summed E-state index contributed by atoms with van der Waals surface area (Å²) in [6.45, 7) is 2.91. The molecule has 3 nitrogen and oxygen atoms in total. The Morgan fingerprint density at radius 1 is 1.05 bits per heavy atom. The van der Waals surface area contributed by atoms with Crippen LogP contribution in [0.1, 0.15) is 13.3 Å². The Morgan fingerprint density at radius 3 is 2.57 bits per heavy atom. The van der Waals surface area contributed by atoms with Crippen molar-refractivity contribution in [3.05, 3.63) is 54.7 Å². The first-order valence-corrected chi connectivity index (χ1v) is 8.30. The highest BCUT2D eigenvalue weighted by Gasteiger charge is 2.18. The number of rotatable bonds is 5. The number of benzene rings is 2. The van der Waals surface area contributed by atoms with Crippen LogP contribution in [0.15, 0.2) is 59.6 Å². The maximum Gasteiger partial charge on any atom is 0.275 e. The Labute approximate surface area is 127 Å². The summed E-state index contributed by atoms with van der Waals surface area (Å²) >= 11 is -0.869. The SMILES string of the molecule is CCCN[S+](O)c1ccc(-c2ccc3[nH]ccc3c2)cc1. The molecule has 0 radical (unpaired) electrons. The molecular formula is C17H19N2OS+. The Balaban J connectivity index is 1.82. The number of nitrogens with one attached hydrogen (secondary N) is 2. The molecule has 0 saturated carbocycles. The van der Waals surface area contributed by atoms with E-state index in [1.54, 1.807) is 0 Å². The lowest BCUT2D eigenvalue weighted by molar-refractivity contribution is 0.620. The number of hydrogen-bond donors (Lipinski definition) is 3. The summed E-state index contributed by atoms with van der Waals surface area (Å²) in [7, 11) is 0. The van der Waals surface area contributed by atoms with Crippen molar-refractivity contribution in [2.45, 2.75) is 18.2 Å². The van der Waals surface area contributed by atoms with Crippen molar-refractivity contribution in [2.75, 3.05) is 6.54 Å². The molecule has 4 heteroatoms. The van der Waals surface area contributed by atoms with Gasteiger partial charge in [0, 0.05) is 18.3 Å². The number of fused-ring (bicyclic) bond motifs is 1. The standard InChI is InChI=1S/C17H19N2OS/c1-2-10-19-21(20)16-6-3-13(4-7-16)14-5-8-17-15(12-14)9-11-18-17/h3-9,11-12,18-20H,2,10H2,1H3/q+1. The highest BCUT2D eigenvalue weighted by atomic mass is 32.2. The molecule has 0 amide bonds. The van der Waals surface area contributed by atoms with Crippen LogP contribution in [0.25, 0.3) is 22.0 Å². The zero-order valence-electron chi connectivity index (χ0n) is 12.0. The van der Waals surface area contributed by atoms with E-state index in [1.807, 2.05) is 18.3 Å². The van der Waals surface area contributed by atoms with E-state index in [0.29, 0.717) is 0 Å². The summed E-state index contributed by atoms with van der Waals surface area (Å²) in [6.07, 6.45) is 2.97. The molecule has 2 aromatic carbocycles. The fourth-order valence-electron chi connectivity index (χ4n) is 2.29. The van der Waals surface area contributed by atoms with E-state index in [1.165, 1.54) is 10.9 Å². The van der Waals surface area contributed by atoms with Crippen LogP contribution >= 0.6 is 0 Å². The average molecular weight is 299 g/mol. The van der Waals surface area contributed by atoms with E-state index >= 15 is 0 Å². The third-order valence-corrected chi connectivity index (χ3v) is 4.65. The Morgan fingerprint density at radius 2 is 1.81 bits per heavy atom. The zero-order chi connectivity index (χ0) is 14.7. The summed E-state index contributed by atoms with van der Waals surface area (Å²) in [5.74, 6) is 0. The van der Waals surface area contributed by atoms with E-state index in [4.69, 9.17) is 0 Å². The normalized spacial score (nSPS) is 12.7. The first-order valence-electron chi connectivity index (χ1n) is 7.12. The van der Waals surface area contributed by atoms with E-state index in [0.717, 1.165) is 28.9 Å². The highest BCUT2D eigenvalue weighted by molar-refractivity contribution is 7.89. The molecule has 3 aromatic rings. The van der Waals surface area contributed by atoms with Crippen LogP contribution in [0.3, 0.4) is 0 Å². The number of H-pyrrole nitrogens is 1. The largest absolute Gasteiger partial charge is 0.361 e. The molecule has 21 heavy (non-hydrogen) atoms. The van der Waals surface area contributed by atoms with Crippen LogP contribution in [0.4, 0.5) is 0 Å². The van der Waals surface area contributed by atoms with Gasteiger partial charge in [0.05, 0.1) is 0 Å². The maximum absolute atomic E-state index is 10.0. The lowest BCUT2D eigenvalue weighted by atomic mass is 10.0. The van der Waals surface area contributed by atoms with E-state index in [2.05, 4.69) is 53.0 Å².